The van der Waals surface area contributed by atoms with Gasteiger partial charge < -0.3 is 9.84 Å². The Kier molecular flexibility index (Phi) is 4.04. The maximum atomic E-state index is 12.2. The maximum Gasteiger partial charge on any atom is 0.573 e. The summed E-state index contributed by atoms with van der Waals surface area (Å²) in [6.07, 6.45) is -4.02. The van der Waals surface area contributed by atoms with Gasteiger partial charge in [-0.25, -0.2) is 0 Å². The Morgan fingerprint density at radius 3 is 2.29 bits per heavy atom. The summed E-state index contributed by atoms with van der Waals surface area (Å²) in [7, 11) is 0. The summed E-state index contributed by atoms with van der Waals surface area (Å²) in [5.41, 5.74) is 0.123. The topological polar surface area (TPSA) is 59.4 Å². The average Bonchev–Trinajstić information content (AvgIpc) is 2.51. The average molecular weight is 337 g/mol. The number of ketones is 1. The number of aliphatic hydroxyl groups is 1. The molecule has 0 bridgehead atoms. The van der Waals surface area contributed by atoms with Crippen LogP contribution in [0.1, 0.15) is 30.2 Å². The molecule has 4 nitrogen and oxygen atoms in total. The Morgan fingerprint density at radius 2 is 1.79 bits per heavy atom. The number of hydrogen-bond donors (Lipinski definition) is 1. The predicted molar refractivity (Wildman–Crippen MR) is 78.2 cm³/mol. The lowest BCUT2D eigenvalue weighted by molar-refractivity contribution is -0.274. The highest BCUT2D eigenvalue weighted by Crippen LogP contribution is 2.50. The van der Waals surface area contributed by atoms with Crippen LogP contribution in [0.4, 0.5) is 13.2 Å². The summed E-state index contributed by atoms with van der Waals surface area (Å²) < 4.78 is 40.6. The summed E-state index contributed by atoms with van der Waals surface area (Å²) in [6, 6.07) is 10.3. The van der Waals surface area contributed by atoms with Crippen LogP contribution in [0, 0.1) is 0 Å². The molecule has 1 heterocycles. The van der Waals surface area contributed by atoms with Crippen molar-refractivity contribution in [2.45, 2.75) is 30.7 Å². The number of aliphatic hydroxyl groups excluding tert-OH is 1. The van der Waals surface area contributed by atoms with Crippen LogP contribution in [-0.2, 0) is 10.2 Å². The van der Waals surface area contributed by atoms with Crippen molar-refractivity contribution in [3.05, 3.63) is 59.9 Å². The first-order valence-electron chi connectivity index (χ1n) is 7.27. The van der Waals surface area contributed by atoms with Crippen molar-refractivity contribution in [2.75, 3.05) is 0 Å². The van der Waals surface area contributed by atoms with Gasteiger partial charge in [-0.1, -0.05) is 18.2 Å². The molecule has 1 unspecified atom stereocenters. The number of halogens is 3. The van der Waals surface area contributed by atoms with Crippen LogP contribution in [0.2, 0.25) is 0 Å². The fourth-order valence-electron chi connectivity index (χ4n) is 3.02. The normalized spacial score (nSPS) is 17.9. The first-order chi connectivity index (χ1) is 11.3. The molecule has 0 saturated heterocycles. The number of rotatable bonds is 4. The van der Waals surface area contributed by atoms with E-state index in [1.54, 1.807) is 18.2 Å². The molecule has 1 atom stereocenters. The summed E-state index contributed by atoms with van der Waals surface area (Å²) in [5, 5.41) is 10.7. The molecule has 0 radical (unpaired) electrons. The number of carbonyl (C=O) groups excluding carboxylic acids is 1. The van der Waals surface area contributed by atoms with Crippen LogP contribution in [0.3, 0.4) is 0 Å². The van der Waals surface area contributed by atoms with Crippen molar-refractivity contribution in [1.82, 2.24) is 4.98 Å². The number of nitrogens with zero attached hydrogens (tertiary/aromatic N) is 1. The second-order valence-corrected chi connectivity index (χ2v) is 5.78. The first kappa shape index (κ1) is 16.4. The van der Waals surface area contributed by atoms with Gasteiger partial charge in [0.2, 0.25) is 0 Å². The van der Waals surface area contributed by atoms with Gasteiger partial charge >= 0.3 is 6.36 Å². The van der Waals surface area contributed by atoms with E-state index in [-0.39, 0.29) is 24.4 Å². The fraction of sp³-hybridized carbons (Fsp3) is 0.294. The molecule has 0 amide bonds. The third-order valence-electron chi connectivity index (χ3n) is 4.18. The molecule has 0 spiro atoms. The molecule has 7 heteroatoms. The van der Waals surface area contributed by atoms with Gasteiger partial charge in [-0.2, -0.15) is 0 Å². The van der Waals surface area contributed by atoms with Crippen LogP contribution in [0.25, 0.3) is 0 Å². The maximum absolute atomic E-state index is 12.2. The van der Waals surface area contributed by atoms with Crippen LogP contribution in [0.5, 0.6) is 5.75 Å². The molecular formula is C17H14F3NO3. The molecular weight excluding hydrogens is 323 g/mol. The molecule has 3 rings (SSSR count). The number of ether oxygens (including phenoxy) is 1. The van der Waals surface area contributed by atoms with Crippen molar-refractivity contribution < 1.29 is 27.8 Å². The smallest absolute Gasteiger partial charge is 0.406 e. The molecule has 126 valence electrons. The van der Waals surface area contributed by atoms with Gasteiger partial charge in [0.25, 0.3) is 0 Å². The Bertz CT molecular complexity index is 721. The van der Waals surface area contributed by atoms with Gasteiger partial charge in [-0.05, 0) is 29.8 Å². The zero-order chi connectivity index (χ0) is 17.4. The molecule has 24 heavy (non-hydrogen) atoms. The van der Waals surface area contributed by atoms with Crippen LogP contribution in [-0.4, -0.2) is 22.2 Å². The summed E-state index contributed by atoms with van der Waals surface area (Å²) in [6.45, 7) is 0. The Balaban J connectivity index is 1.90. The van der Waals surface area contributed by atoms with Crippen molar-refractivity contribution in [1.29, 1.82) is 0 Å². The minimum absolute atomic E-state index is 0.0133. The minimum atomic E-state index is -4.76. The Morgan fingerprint density at radius 1 is 1.12 bits per heavy atom. The molecule has 1 aromatic heterocycles. The van der Waals surface area contributed by atoms with Crippen molar-refractivity contribution in [2.24, 2.45) is 0 Å². The molecule has 1 aromatic carbocycles. The molecule has 1 fully saturated rings. The van der Waals surface area contributed by atoms with E-state index >= 15 is 0 Å². The van der Waals surface area contributed by atoms with E-state index in [9.17, 15) is 23.1 Å². The largest absolute Gasteiger partial charge is 0.573 e. The molecule has 1 N–H and O–H groups in total. The van der Waals surface area contributed by atoms with Gasteiger partial charge in [-0.15, -0.1) is 13.2 Å². The van der Waals surface area contributed by atoms with Crippen molar-refractivity contribution in [3.8, 4) is 5.75 Å². The predicted octanol–water partition coefficient (Wildman–Crippen LogP) is 3.31. The lowest BCUT2D eigenvalue weighted by Gasteiger charge is -2.44. The van der Waals surface area contributed by atoms with E-state index in [2.05, 4.69) is 9.72 Å². The van der Waals surface area contributed by atoms with E-state index in [0.717, 1.165) is 0 Å². The second kappa shape index (κ2) is 5.90. The van der Waals surface area contributed by atoms with Gasteiger partial charge in [0.05, 0.1) is 5.69 Å². The zero-order valence-electron chi connectivity index (χ0n) is 12.5. The highest BCUT2D eigenvalue weighted by molar-refractivity contribution is 5.89. The highest BCUT2D eigenvalue weighted by atomic mass is 19.4. The lowest BCUT2D eigenvalue weighted by Crippen LogP contribution is -2.46. The summed E-state index contributed by atoms with van der Waals surface area (Å²) in [4.78, 5) is 15.7. The van der Waals surface area contributed by atoms with E-state index in [1.165, 1.54) is 30.5 Å². The van der Waals surface area contributed by atoms with E-state index < -0.39 is 17.9 Å². The van der Waals surface area contributed by atoms with Crippen molar-refractivity contribution >= 4 is 5.78 Å². The molecule has 1 aliphatic rings. The second-order valence-electron chi connectivity index (χ2n) is 5.78. The molecule has 1 aliphatic carbocycles. The zero-order valence-corrected chi connectivity index (χ0v) is 12.5. The summed E-state index contributed by atoms with van der Waals surface area (Å²) >= 11 is 0. The van der Waals surface area contributed by atoms with E-state index in [4.69, 9.17) is 0 Å². The Labute approximate surface area is 135 Å². The first-order valence-corrected chi connectivity index (χ1v) is 7.27. The number of benzene rings is 1. The number of pyridine rings is 1. The van der Waals surface area contributed by atoms with Crippen LogP contribution < -0.4 is 4.74 Å². The van der Waals surface area contributed by atoms with Gasteiger partial charge in [0.1, 0.15) is 17.6 Å². The molecule has 0 aliphatic heterocycles. The quantitative estimate of drug-likeness (QED) is 0.930. The Hall–Kier alpha value is -2.41. The van der Waals surface area contributed by atoms with Gasteiger partial charge in [-0.3, -0.25) is 9.78 Å². The summed E-state index contributed by atoms with van der Waals surface area (Å²) in [5.74, 6) is -0.361. The van der Waals surface area contributed by atoms with Crippen molar-refractivity contribution in [3.63, 3.8) is 0 Å². The number of hydrogen-bond acceptors (Lipinski definition) is 4. The molecule has 1 saturated carbocycles. The van der Waals surface area contributed by atoms with Crippen LogP contribution >= 0.6 is 0 Å². The van der Waals surface area contributed by atoms with Gasteiger partial charge in [0.15, 0.2) is 0 Å². The SMILES string of the molecule is O=C1CC(c2ccc(OC(F)(F)F)cc2)(C(O)c2ccccn2)C1. The van der Waals surface area contributed by atoms with Gasteiger partial charge in [0, 0.05) is 24.5 Å². The third kappa shape index (κ3) is 3.12. The monoisotopic (exact) mass is 337 g/mol. The molecule has 2 aromatic rings. The third-order valence-corrected chi connectivity index (χ3v) is 4.18. The van der Waals surface area contributed by atoms with E-state index in [1.807, 2.05) is 0 Å². The van der Waals surface area contributed by atoms with Crippen LogP contribution in [0.15, 0.2) is 48.7 Å². The van der Waals surface area contributed by atoms with E-state index in [0.29, 0.717) is 11.3 Å². The minimum Gasteiger partial charge on any atom is -0.406 e. The number of aromatic nitrogens is 1. The standard InChI is InChI=1S/C17H14F3NO3/c18-17(19,20)24-13-6-4-11(5-7-13)16(9-12(22)10-16)15(23)14-3-1-2-8-21-14/h1-8,15,23H,9-10H2. The highest BCUT2D eigenvalue weighted by Gasteiger charge is 2.51. The fourth-order valence-corrected chi connectivity index (χ4v) is 3.02. The number of Topliss-reactive ketones (excluding diaryl/α,β-unsaturated/α-hetero) is 1. The number of alkyl halides is 3. The number of carbonyl (C=O) groups is 1. The lowest BCUT2D eigenvalue weighted by atomic mass is 9.59.